The first-order valence-electron chi connectivity index (χ1n) is 8.60. The van der Waals surface area contributed by atoms with E-state index < -0.39 is 0 Å². The first-order valence-corrected chi connectivity index (χ1v) is 8.60. The summed E-state index contributed by atoms with van der Waals surface area (Å²) in [6.45, 7) is 0. The standard InChI is InChI=1S/C22H18N4O/c1-27-20-14-12-18(13-15-20)24-25-21-16-23-26(19-10-6-3-7-11-19)22(21)17-8-4-2-5-9-17/h2-16H,1H3. The lowest BCUT2D eigenvalue weighted by Crippen LogP contribution is -1.98. The van der Waals surface area contributed by atoms with Crippen LogP contribution in [0.15, 0.2) is 101 Å². The molecule has 0 unspecified atom stereocenters. The van der Waals surface area contributed by atoms with Crippen molar-refractivity contribution in [1.82, 2.24) is 9.78 Å². The third kappa shape index (κ3) is 3.62. The molecule has 4 rings (SSSR count). The number of para-hydroxylation sites is 1. The summed E-state index contributed by atoms with van der Waals surface area (Å²) in [6.07, 6.45) is 1.74. The SMILES string of the molecule is COc1ccc(N=Nc2cnn(-c3ccccc3)c2-c2ccccc2)cc1. The van der Waals surface area contributed by atoms with Gasteiger partial charge in [0.2, 0.25) is 0 Å². The van der Waals surface area contributed by atoms with Gasteiger partial charge < -0.3 is 4.74 Å². The van der Waals surface area contributed by atoms with Crippen LogP contribution in [0.3, 0.4) is 0 Å². The average molecular weight is 354 g/mol. The molecule has 5 nitrogen and oxygen atoms in total. The summed E-state index contributed by atoms with van der Waals surface area (Å²) in [7, 11) is 1.64. The maximum absolute atomic E-state index is 5.18. The summed E-state index contributed by atoms with van der Waals surface area (Å²) in [5.74, 6) is 0.788. The van der Waals surface area contributed by atoms with Gasteiger partial charge in [-0.25, -0.2) is 4.68 Å². The number of nitrogens with zero attached hydrogens (tertiary/aromatic N) is 4. The van der Waals surface area contributed by atoms with Crippen LogP contribution in [-0.2, 0) is 0 Å². The predicted octanol–water partition coefficient (Wildman–Crippen LogP) is 5.96. The van der Waals surface area contributed by atoms with Crippen molar-refractivity contribution in [3.63, 3.8) is 0 Å². The van der Waals surface area contributed by atoms with E-state index in [1.165, 1.54) is 0 Å². The van der Waals surface area contributed by atoms with Crippen molar-refractivity contribution >= 4 is 11.4 Å². The zero-order chi connectivity index (χ0) is 18.5. The molecule has 0 amide bonds. The lowest BCUT2D eigenvalue weighted by Gasteiger charge is -2.08. The van der Waals surface area contributed by atoms with E-state index in [0.717, 1.165) is 28.4 Å². The largest absolute Gasteiger partial charge is 0.497 e. The molecule has 5 heteroatoms. The molecule has 0 saturated carbocycles. The van der Waals surface area contributed by atoms with Gasteiger partial charge in [0.25, 0.3) is 0 Å². The molecule has 0 radical (unpaired) electrons. The lowest BCUT2D eigenvalue weighted by molar-refractivity contribution is 0.415. The quantitative estimate of drug-likeness (QED) is 0.415. The Kier molecular flexibility index (Phi) is 4.74. The minimum absolute atomic E-state index is 0.709. The number of hydrogen-bond donors (Lipinski definition) is 0. The molecule has 0 aliphatic carbocycles. The molecule has 0 bridgehead atoms. The fourth-order valence-corrected chi connectivity index (χ4v) is 2.80. The Bertz CT molecular complexity index is 1040. The van der Waals surface area contributed by atoms with Crippen LogP contribution in [0.2, 0.25) is 0 Å². The smallest absolute Gasteiger partial charge is 0.132 e. The summed E-state index contributed by atoms with van der Waals surface area (Å²) in [5, 5.41) is 13.4. The molecule has 4 aromatic rings. The highest BCUT2D eigenvalue weighted by atomic mass is 16.5. The zero-order valence-electron chi connectivity index (χ0n) is 14.9. The first kappa shape index (κ1) is 16.7. The van der Waals surface area contributed by atoms with Crippen LogP contribution in [0, 0.1) is 0 Å². The van der Waals surface area contributed by atoms with Gasteiger partial charge in [-0.15, -0.1) is 5.11 Å². The minimum atomic E-state index is 0.709. The Morgan fingerprint density at radius 2 is 1.44 bits per heavy atom. The summed E-state index contributed by atoms with van der Waals surface area (Å²) in [5.41, 5.74) is 4.37. The van der Waals surface area contributed by atoms with Crippen molar-refractivity contribution in [2.45, 2.75) is 0 Å². The number of ether oxygens (including phenoxy) is 1. The Hall–Kier alpha value is -3.73. The van der Waals surface area contributed by atoms with Gasteiger partial charge in [0.05, 0.1) is 24.7 Å². The predicted molar refractivity (Wildman–Crippen MR) is 106 cm³/mol. The molecule has 0 atom stereocenters. The highest BCUT2D eigenvalue weighted by molar-refractivity contribution is 5.73. The van der Waals surface area contributed by atoms with Gasteiger partial charge in [-0.05, 0) is 36.4 Å². The fraction of sp³-hybridized carbons (Fsp3) is 0.0455. The van der Waals surface area contributed by atoms with E-state index in [2.05, 4.69) is 15.3 Å². The van der Waals surface area contributed by atoms with Crippen LogP contribution in [-0.4, -0.2) is 16.9 Å². The highest BCUT2D eigenvalue weighted by Crippen LogP contribution is 2.33. The van der Waals surface area contributed by atoms with Crippen LogP contribution in [0.5, 0.6) is 5.75 Å². The number of benzene rings is 3. The molecular weight excluding hydrogens is 336 g/mol. The summed E-state index contributed by atoms with van der Waals surface area (Å²) in [6, 6.07) is 27.5. The van der Waals surface area contributed by atoms with Crippen LogP contribution < -0.4 is 4.74 Å². The maximum Gasteiger partial charge on any atom is 0.132 e. The topological polar surface area (TPSA) is 51.8 Å². The number of hydrogen-bond acceptors (Lipinski definition) is 4. The monoisotopic (exact) mass is 354 g/mol. The van der Waals surface area contributed by atoms with Gasteiger partial charge in [0.1, 0.15) is 17.1 Å². The molecule has 0 aliphatic rings. The van der Waals surface area contributed by atoms with E-state index in [4.69, 9.17) is 4.74 Å². The molecule has 3 aromatic carbocycles. The molecule has 0 aliphatic heterocycles. The van der Waals surface area contributed by atoms with Crippen LogP contribution in [0.25, 0.3) is 16.9 Å². The summed E-state index contributed by atoms with van der Waals surface area (Å²) in [4.78, 5) is 0. The molecular formula is C22H18N4O. The van der Waals surface area contributed by atoms with Gasteiger partial charge in [0, 0.05) is 5.56 Å². The lowest BCUT2D eigenvalue weighted by atomic mass is 10.1. The third-order valence-electron chi connectivity index (χ3n) is 4.14. The molecule has 0 saturated heterocycles. The fourth-order valence-electron chi connectivity index (χ4n) is 2.80. The highest BCUT2D eigenvalue weighted by Gasteiger charge is 2.14. The zero-order valence-corrected chi connectivity index (χ0v) is 14.9. The molecule has 0 fully saturated rings. The molecule has 0 N–H and O–H groups in total. The van der Waals surface area contributed by atoms with Gasteiger partial charge in [-0.1, -0.05) is 48.5 Å². The number of methoxy groups -OCH3 is 1. The van der Waals surface area contributed by atoms with Gasteiger partial charge in [0.15, 0.2) is 0 Å². The molecule has 27 heavy (non-hydrogen) atoms. The van der Waals surface area contributed by atoms with Crippen LogP contribution in [0.4, 0.5) is 11.4 Å². The second kappa shape index (κ2) is 7.66. The van der Waals surface area contributed by atoms with E-state index in [-0.39, 0.29) is 0 Å². The Morgan fingerprint density at radius 3 is 2.11 bits per heavy atom. The molecule has 1 heterocycles. The second-order valence-corrected chi connectivity index (χ2v) is 5.89. The average Bonchev–Trinajstić information content (AvgIpc) is 3.18. The van der Waals surface area contributed by atoms with Crippen molar-refractivity contribution in [3.8, 4) is 22.7 Å². The van der Waals surface area contributed by atoms with Crippen molar-refractivity contribution in [1.29, 1.82) is 0 Å². The molecule has 132 valence electrons. The Balaban J connectivity index is 1.76. The first-order chi connectivity index (χ1) is 13.3. The van der Waals surface area contributed by atoms with E-state index in [9.17, 15) is 0 Å². The number of azo groups is 1. The number of aromatic nitrogens is 2. The van der Waals surface area contributed by atoms with Crippen LogP contribution >= 0.6 is 0 Å². The third-order valence-corrected chi connectivity index (χ3v) is 4.14. The van der Waals surface area contributed by atoms with Crippen molar-refractivity contribution < 1.29 is 4.74 Å². The normalized spacial score (nSPS) is 11.0. The summed E-state index contributed by atoms with van der Waals surface area (Å²) < 4.78 is 7.06. The van der Waals surface area contributed by atoms with Crippen molar-refractivity contribution in [3.05, 3.63) is 91.1 Å². The number of rotatable bonds is 5. The van der Waals surface area contributed by atoms with E-state index in [1.807, 2.05) is 89.6 Å². The van der Waals surface area contributed by atoms with E-state index >= 15 is 0 Å². The van der Waals surface area contributed by atoms with Gasteiger partial charge >= 0.3 is 0 Å². The second-order valence-electron chi connectivity index (χ2n) is 5.89. The minimum Gasteiger partial charge on any atom is -0.497 e. The molecule has 1 aromatic heterocycles. The van der Waals surface area contributed by atoms with E-state index in [0.29, 0.717) is 5.69 Å². The maximum atomic E-state index is 5.18. The van der Waals surface area contributed by atoms with Crippen LogP contribution in [0.1, 0.15) is 0 Å². The van der Waals surface area contributed by atoms with Crippen molar-refractivity contribution in [2.24, 2.45) is 10.2 Å². The van der Waals surface area contributed by atoms with Crippen molar-refractivity contribution in [2.75, 3.05) is 7.11 Å². The summed E-state index contributed by atoms with van der Waals surface area (Å²) >= 11 is 0. The Morgan fingerprint density at radius 1 is 0.778 bits per heavy atom. The van der Waals surface area contributed by atoms with E-state index in [1.54, 1.807) is 13.3 Å². The van der Waals surface area contributed by atoms with Gasteiger partial charge in [-0.3, -0.25) is 0 Å². The van der Waals surface area contributed by atoms with Gasteiger partial charge in [-0.2, -0.15) is 10.2 Å². The Labute approximate surface area is 157 Å². The molecule has 0 spiro atoms.